The first kappa shape index (κ1) is 26.3. The van der Waals surface area contributed by atoms with Crippen LogP contribution in [0.5, 0.6) is 0 Å². The van der Waals surface area contributed by atoms with E-state index in [1.165, 1.54) is 6.07 Å². The summed E-state index contributed by atoms with van der Waals surface area (Å²) in [7, 11) is 0. The van der Waals surface area contributed by atoms with Gasteiger partial charge in [-0.05, 0) is 18.9 Å². The quantitative estimate of drug-likeness (QED) is 0.257. The van der Waals surface area contributed by atoms with E-state index in [-0.39, 0.29) is 29.5 Å². The Balaban J connectivity index is 1.24. The minimum atomic E-state index is -1.06. The lowest BCUT2D eigenvalue weighted by atomic mass is 9.95. The van der Waals surface area contributed by atoms with E-state index in [4.69, 9.17) is 14.4 Å². The Hall–Kier alpha value is -4.64. The summed E-state index contributed by atoms with van der Waals surface area (Å²) in [5, 5.41) is 12.4. The van der Waals surface area contributed by atoms with Crippen molar-refractivity contribution in [2.45, 2.75) is 51.1 Å². The summed E-state index contributed by atoms with van der Waals surface area (Å²) in [5.74, 6) is 0.200. The van der Waals surface area contributed by atoms with Crippen molar-refractivity contribution >= 4 is 28.8 Å². The van der Waals surface area contributed by atoms with Gasteiger partial charge in [0.25, 0.3) is 5.89 Å². The lowest BCUT2D eigenvalue weighted by Gasteiger charge is -2.11. The van der Waals surface area contributed by atoms with Gasteiger partial charge in [-0.2, -0.15) is 0 Å². The molecule has 1 atom stereocenters. The van der Waals surface area contributed by atoms with Crippen molar-refractivity contribution in [3.63, 3.8) is 0 Å². The molecule has 2 aliphatic rings. The van der Waals surface area contributed by atoms with Crippen LogP contribution in [0.25, 0.3) is 22.0 Å². The molecule has 1 aliphatic heterocycles. The van der Waals surface area contributed by atoms with E-state index < -0.39 is 12.0 Å². The number of Topliss-reactive ketones (excluding diaryl/α,β-unsaturated/α-hetero) is 1. The number of halogens is 1. The summed E-state index contributed by atoms with van der Waals surface area (Å²) in [4.78, 5) is 32.8. The van der Waals surface area contributed by atoms with Gasteiger partial charge in [0.2, 0.25) is 0 Å². The molecular weight excluding hydrogens is 553 g/mol. The second kappa shape index (κ2) is 10.3. The summed E-state index contributed by atoms with van der Waals surface area (Å²) in [6.45, 7) is 4.20. The molecule has 0 saturated heterocycles. The van der Waals surface area contributed by atoms with Crippen molar-refractivity contribution in [3.05, 3.63) is 94.3 Å². The van der Waals surface area contributed by atoms with Gasteiger partial charge in [0, 0.05) is 52.9 Å². The summed E-state index contributed by atoms with van der Waals surface area (Å²) in [6, 6.07) is 14.2. The van der Waals surface area contributed by atoms with Crippen molar-refractivity contribution in [3.8, 4) is 22.0 Å². The maximum Gasteiger partial charge on any atom is 0.317 e. The van der Waals surface area contributed by atoms with Crippen LogP contribution in [-0.4, -0.2) is 42.8 Å². The summed E-state index contributed by atoms with van der Waals surface area (Å²) in [5.41, 5.74) is 3.56. The van der Waals surface area contributed by atoms with Crippen molar-refractivity contribution in [1.82, 2.24) is 25.1 Å². The van der Waals surface area contributed by atoms with Crippen LogP contribution in [0, 0.1) is 5.82 Å². The van der Waals surface area contributed by atoms with E-state index in [1.54, 1.807) is 35.9 Å². The predicted octanol–water partition coefficient (Wildman–Crippen LogP) is 5.80. The molecule has 210 valence electrons. The Morgan fingerprint density at radius 1 is 1.05 bits per heavy atom. The molecule has 0 bridgehead atoms. The molecular formula is C31H26FN7O2S. The maximum absolute atomic E-state index is 14.9. The zero-order valence-electron chi connectivity index (χ0n) is 23.0. The van der Waals surface area contributed by atoms with Gasteiger partial charge in [0.05, 0.1) is 15.6 Å². The van der Waals surface area contributed by atoms with E-state index in [9.17, 15) is 9.18 Å². The molecule has 42 heavy (non-hydrogen) atoms. The number of fused-ring (bicyclic) bond motifs is 1. The van der Waals surface area contributed by atoms with E-state index in [0.29, 0.717) is 22.5 Å². The summed E-state index contributed by atoms with van der Waals surface area (Å²) < 4.78 is 20.9. The Morgan fingerprint density at radius 2 is 1.83 bits per heavy atom. The van der Waals surface area contributed by atoms with Crippen LogP contribution < -0.4 is 5.32 Å². The van der Waals surface area contributed by atoms with Gasteiger partial charge >= 0.3 is 6.01 Å². The zero-order valence-corrected chi connectivity index (χ0v) is 23.8. The Morgan fingerprint density at radius 3 is 2.57 bits per heavy atom. The fraction of sp³-hybridized carbons (Fsp3) is 0.258. The largest absolute Gasteiger partial charge is 0.402 e. The first-order valence-electron chi connectivity index (χ1n) is 13.8. The first-order chi connectivity index (χ1) is 20.4. The molecule has 1 N–H and O–H groups in total. The Bertz CT molecular complexity index is 1830. The highest BCUT2D eigenvalue weighted by Crippen LogP contribution is 2.51. The molecule has 1 fully saturated rings. The molecule has 5 aromatic rings. The molecule has 0 spiro atoms. The average molecular weight is 580 g/mol. The van der Waals surface area contributed by atoms with Gasteiger partial charge in [-0.15, -0.1) is 16.4 Å². The third-order valence-corrected chi connectivity index (χ3v) is 9.06. The van der Waals surface area contributed by atoms with Crippen molar-refractivity contribution in [2.75, 3.05) is 5.32 Å². The van der Waals surface area contributed by atoms with Crippen molar-refractivity contribution in [1.29, 1.82) is 0 Å². The van der Waals surface area contributed by atoms with Crippen molar-refractivity contribution in [2.24, 2.45) is 4.99 Å². The lowest BCUT2D eigenvalue weighted by molar-refractivity contribution is -0.119. The molecule has 0 unspecified atom stereocenters. The number of benzene rings is 2. The molecule has 2 aromatic carbocycles. The van der Waals surface area contributed by atoms with E-state index in [2.05, 4.69) is 32.4 Å². The number of nitrogens with one attached hydrogen (secondary N) is 1. The number of carbonyl (C=O) groups excluding carboxylic acids is 1. The fourth-order valence-corrected chi connectivity index (χ4v) is 6.14. The third kappa shape index (κ3) is 4.79. The van der Waals surface area contributed by atoms with Crippen LogP contribution in [0.3, 0.4) is 0 Å². The maximum atomic E-state index is 14.9. The highest BCUT2D eigenvalue weighted by Gasteiger charge is 2.43. The van der Waals surface area contributed by atoms with Gasteiger partial charge in [0.1, 0.15) is 17.3 Å². The number of carbonyl (C=O) groups is 1. The van der Waals surface area contributed by atoms with E-state index in [0.717, 1.165) is 46.1 Å². The predicted molar refractivity (Wildman–Crippen MR) is 157 cm³/mol. The van der Waals surface area contributed by atoms with Crippen LogP contribution >= 0.6 is 11.3 Å². The highest BCUT2D eigenvalue weighted by molar-refractivity contribution is 7.15. The van der Waals surface area contributed by atoms with Crippen LogP contribution in [0.2, 0.25) is 0 Å². The lowest BCUT2D eigenvalue weighted by Crippen LogP contribution is -2.29. The molecule has 4 heterocycles. The highest BCUT2D eigenvalue weighted by atomic mass is 32.1. The van der Waals surface area contributed by atoms with E-state index in [1.807, 2.05) is 37.3 Å². The number of aryl methyl sites for hydroxylation is 1. The second-order valence-electron chi connectivity index (χ2n) is 10.7. The third-order valence-electron chi connectivity index (χ3n) is 7.65. The number of aliphatic imine (C=N–C) groups is 1. The Kier molecular flexibility index (Phi) is 6.46. The molecule has 9 nitrogen and oxygen atoms in total. The van der Waals surface area contributed by atoms with Gasteiger partial charge < -0.3 is 9.73 Å². The van der Waals surface area contributed by atoms with Crippen molar-refractivity contribution < 1.29 is 13.6 Å². The number of hydrogen-bond donors (Lipinski definition) is 1. The van der Waals surface area contributed by atoms with Gasteiger partial charge in [-0.25, -0.2) is 19.3 Å². The van der Waals surface area contributed by atoms with Crippen LogP contribution in [0.1, 0.15) is 54.2 Å². The number of anilines is 1. The first-order valence-corrected chi connectivity index (χ1v) is 14.6. The van der Waals surface area contributed by atoms with E-state index >= 15 is 0 Å². The molecule has 3 aromatic heterocycles. The van der Waals surface area contributed by atoms with Crippen LogP contribution in [-0.2, 0) is 23.1 Å². The molecule has 0 amide bonds. The Labute approximate surface area is 245 Å². The summed E-state index contributed by atoms with van der Waals surface area (Å²) >= 11 is 1.58. The smallest absolute Gasteiger partial charge is 0.317 e. The molecule has 1 saturated carbocycles. The van der Waals surface area contributed by atoms with Gasteiger partial charge in [-0.1, -0.05) is 61.4 Å². The monoisotopic (exact) mass is 579 g/mol. The second-order valence-corrected chi connectivity index (χ2v) is 11.7. The molecule has 11 heteroatoms. The minimum absolute atomic E-state index is 0.0154. The summed E-state index contributed by atoms with van der Waals surface area (Å²) in [6.07, 6.45) is 5.25. The SMILES string of the molecule is CCc1ncc(-c2sc(C3(C)CC3)nc2-c2nnc(N[C@H]3N=C(c4ccccc4)c4cccc(F)c4CC3=O)o2)cn1. The number of ketones is 1. The number of hydrogen-bond acceptors (Lipinski definition) is 10. The topological polar surface area (TPSA) is 119 Å². The standard InChI is InChI=1S/C31H26FN7O2S/c1-3-23-33-15-18(16-34-23)26-25(36-29(42-26)31(2)12-13-31)28-38-39-30(41-28)37-27-22(40)14-20-19(10-7-11-21(20)32)24(35-27)17-8-5-4-6-9-17/h4-11,15-16,27H,3,12-14H2,1-2H3,(H,37,39)/t27-/m1/s1. The number of rotatable bonds is 7. The number of nitrogens with zero attached hydrogens (tertiary/aromatic N) is 6. The van der Waals surface area contributed by atoms with Gasteiger partial charge in [0.15, 0.2) is 11.9 Å². The van der Waals surface area contributed by atoms with Crippen LogP contribution in [0.15, 0.2) is 70.3 Å². The molecule has 1 aliphatic carbocycles. The minimum Gasteiger partial charge on any atom is -0.402 e. The fourth-order valence-electron chi connectivity index (χ4n) is 4.91. The van der Waals surface area contributed by atoms with Crippen LogP contribution in [0.4, 0.5) is 10.4 Å². The number of thiazole rings is 1. The number of aromatic nitrogens is 5. The molecule has 0 radical (unpaired) electrons. The average Bonchev–Trinajstić information content (AvgIpc) is 3.40. The zero-order chi connectivity index (χ0) is 28.8. The van der Waals surface area contributed by atoms with Gasteiger partial charge in [-0.3, -0.25) is 9.79 Å². The normalized spacial score (nSPS) is 17.4. The molecule has 7 rings (SSSR count).